The molecule has 0 heterocycles. The molecule has 118 valence electrons. The van der Waals surface area contributed by atoms with Gasteiger partial charge in [-0.3, -0.25) is 4.79 Å². The van der Waals surface area contributed by atoms with Crippen LogP contribution in [0.25, 0.3) is 0 Å². The number of carbonyl (C=O) groups excluding carboxylic acids is 1. The summed E-state index contributed by atoms with van der Waals surface area (Å²) in [4.78, 5) is 11.5. The Hall–Kier alpha value is -0.820. The summed E-state index contributed by atoms with van der Waals surface area (Å²) in [6.45, 7) is 2.29. The molecule has 0 bridgehead atoms. The van der Waals surface area contributed by atoms with E-state index in [1.54, 1.807) is 0 Å². The lowest BCUT2D eigenvalue weighted by molar-refractivity contribution is -0.119. The van der Waals surface area contributed by atoms with E-state index >= 15 is 0 Å². The first-order valence-corrected chi connectivity index (χ1v) is 8.82. The number of nitrogens with one attached hydrogen (secondary N) is 2. The van der Waals surface area contributed by atoms with E-state index in [0.29, 0.717) is 6.54 Å². The number of sulfonamides is 1. The summed E-state index contributed by atoms with van der Waals surface area (Å²) >= 11 is 11.5. The van der Waals surface area contributed by atoms with Gasteiger partial charge in [-0.15, -0.1) is 0 Å². The first kappa shape index (κ1) is 18.2. The minimum Gasteiger partial charge on any atom is -0.355 e. The molecule has 5 nitrogen and oxygen atoms in total. The highest BCUT2D eigenvalue weighted by Crippen LogP contribution is 2.24. The first-order chi connectivity index (χ1) is 9.86. The van der Waals surface area contributed by atoms with Crippen molar-refractivity contribution in [2.24, 2.45) is 0 Å². The van der Waals surface area contributed by atoms with Crippen molar-refractivity contribution >= 4 is 39.1 Å². The zero-order valence-electron chi connectivity index (χ0n) is 11.7. The second-order valence-corrected chi connectivity index (χ2v) is 7.04. The predicted octanol–water partition coefficient (Wildman–Crippen LogP) is 2.58. The topological polar surface area (TPSA) is 75.3 Å². The minimum atomic E-state index is -3.78. The Morgan fingerprint density at radius 2 is 1.90 bits per heavy atom. The van der Waals surface area contributed by atoms with Gasteiger partial charge in [0.25, 0.3) is 0 Å². The lowest BCUT2D eigenvalue weighted by atomic mass is 10.2. The van der Waals surface area contributed by atoms with Crippen LogP contribution in [0.1, 0.15) is 26.2 Å². The molecule has 0 aliphatic carbocycles. The fourth-order valence-electron chi connectivity index (χ4n) is 1.55. The molecule has 0 spiro atoms. The minimum absolute atomic E-state index is 0.0318. The zero-order valence-corrected chi connectivity index (χ0v) is 14.0. The first-order valence-electron chi connectivity index (χ1n) is 6.58. The third kappa shape index (κ3) is 6.22. The van der Waals surface area contributed by atoms with Gasteiger partial charge in [0.05, 0.1) is 21.5 Å². The summed E-state index contributed by atoms with van der Waals surface area (Å²) < 4.78 is 26.2. The summed E-state index contributed by atoms with van der Waals surface area (Å²) in [6, 6.07) is 3.96. The Morgan fingerprint density at radius 1 is 1.19 bits per heavy atom. The highest BCUT2D eigenvalue weighted by atomic mass is 35.5. The number of amides is 1. The van der Waals surface area contributed by atoms with Gasteiger partial charge in [-0.1, -0.05) is 43.0 Å². The highest BCUT2D eigenvalue weighted by Gasteiger charge is 2.16. The third-order valence-corrected chi connectivity index (χ3v) is 4.86. The van der Waals surface area contributed by atoms with Gasteiger partial charge in [-0.25, -0.2) is 13.1 Å². The summed E-state index contributed by atoms with van der Waals surface area (Å²) in [5, 5.41) is 3.06. The molecule has 0 atom stereocenters. The third-order valence-electron chi connectivity index (χ3n) is 2.73. The maximum atomic E-state index is 12.0. The molecule has 2 N–H and O–H groups in total. The molecule has 0 radical (unpaired) electrons. The summed E-state index contributed by atoms with van der Waals surface area (Å²) in [7, 11) is -3.78. The maximum absolute atomic E-state index is 12.0. The summed E-state index contributed by atoms with van der Waals surface area (Å²) in [6.07, 6.45) is 2.96. The molecular weight excluding hydrogens is 335 g/mol. The Kier molecular flexibility index (Phi) is 7.45. The van der Waals surface area contributed by atoms with E-state index in [4.69, 9.17) is 23.2 Å². The van der Waals surface area contributed by atoms with Gasteiger partial charge < -0.3 is 5.32 Å². The van der Waals surface area contributed by atoms with Crippen molar-refractivity contribution in [1.29, 1.82) is 0 Å². The van der Waals surface area contributed by atoms with Crippen LogP contribution in [-0.2, 0) is 14.8 Å². The van der Waals surface area contributed by atoms with Gasteiger partial charge in [0, 0.05) is 6.54 Å². The molecule has 0 fully saturated rings. The summed E-state index contributed by atoms with van der Waals surface area (Å²) in [5.41, 5.74) is 0. The molecule has 0 aromatic heterocycles. The van der Waals surface area contributed by atoms with E-state index in [0.717, 1.165) is 19.3 Å². The number of unbranched alkanes of at least 4 members (excludes halogenated alkanes) is 2. The van der Waals surface area contributed by atoms with Crippen molar-refractivity contribution in [3.05, 3.63) is 28.2 Å². The second-order valence-electron chi connectivity index (χ2n) is 4.46. The van der Waals surface area contributed by atoms with Crippen molar-refractivity contribution in [1.82, 2.24) is 10.0 Å². The van der Waals surface area contributed by atoms with Gasteiger partial charge in [-0.2, -0.15) is 0 Å². The van der Waals surface area contributed by atoms with E-state index in [1.807, 2.05) is 0 Å². The monoisotopic (exact) mass is 352 g/mol. The van der Waals surface area contributed by atoms with Crippen LogP contribution in [-0.4, -0.2) is 27.4 Å². The van der Waals surface area contributed by atoms with Crippen molar-refractivity contribution in [3.63, 3.8) is 0 Å². The van der Waals surface area contributed by atoms with Crippen LogP contribution in [0, 0.1) is 0 Å². The normalized spacial score (nSPS) is 11.4. The van der Waals surface area contributed by atoms with Crippen LogP contribution in [0.5, 0.6) is 0 Å². The quantitative estimate of drug-likeness (QED) is 0.706. The van der Waals surface area contributed by atoms with Crippen LogP contribution in [0.4, 0.5) is 0 Å². The number of hydrogen-bond acceptors (Lipinski definition) is 3. The van der Waals surface area contributed by atoms with E-state index in [9.17, 15) is 13.2 Å². The molecule has 1 amide bonds. The average molecular weight is 353 g/mol. The Balaban J connectivity index is 2.53. The van der Waals surface area contributed by atoms with Crippen LogP contribution < -0.4 is 10.0 Å². The Morgan fingerprint density at radius 3 is 2.52 bits per heavy atom. The molecule has 21 heavy (non-hydrogen) atoms. The van der Waals surface area contributed by atoms with E-state index in [-0.39, 0.29) is 27.4 Å². The Bertz CT molecular complexity index is 591. The summed E-state index contributed by atoms with van der Waals surface area (Å²) in [5.74, 6) is -0.366. The molecule has 0 saturated carbocycles. The lowest BCUT2D eigenvalue weighted by Gasteiger charge is -2.08. The van der Waals surface area contributed by atoms with Crippen molar-refractivity contribution in [2.75, 3.05) is 13.1 Å². The average Bonchev–Trinajstić information content (AvgIpc) is 2.44. The smallest absolute Gasteiger partial charge is 0.241 e. The van der Waals surface area contributed by atoms with Crippen molar-refractivity contribution < 1.29 is 13.2 Å². The van der Waals surface area contributed by atoms with E-state index in [1.165, 1.54) is 18.2 Å². The highest BCUT2D eigenvalue weighted by molar-refractivity contribution is 7.89. The molecule has 1 aromatic carbocycles. The number of benzene rings is 1. The molecule has 0 saturated heterocycles. The van der Waals surface area contributed by atoms with Gasteiger partial charge in [-0.05, 0) is 24.6 Å². The maximum Gasteiger partial charge on any atom is 0.241 e. The molecule has 0 unspecified atom stereocenters. The number of carbonyl (C=O) groups is 1. The molecule has 0 aliphatic rings. The van der Waals surface area contributed by atoms with Crippen LogP contribution in [0.15, 0.2) is 23.1 Å². The lowest BCUT2D eigenvalue weighted by Crippen LogP contribution is -2.37. The van der Waals surface area contributed by atoms with Crippen LogP contribution >= 0.6 is 23.2 Å². The number of halogens is 2. The van der Waals surface area contributed by atoms with E-state index < -0.39 is 10.0 Å². The standard InChI is InChI=1S/C13H18Cl2N2O3S/c1-2-3-4-7-16-13(18)9-17-21(19,20)10-5-6-11(14)12(15)8-10/h5-6,8,17H,2-4,7,9H2,1H3,(H,16,18). The van der Waals surface area contributed by atoms with Gasteiger partial charge in [0.2, 0.25) is 15.9 Å². The zero-order chi connectivity index (χ0) is 15.9. The molecular formula is C13H18Cl2N2O3S. The van der Waals surface area contributed by atoms with E-state index in [2.05, 4.69) is 17.0 Å². The largest absolute Gasteiger partial charge is 0.355 e. The molecule has 1 aromatic rings. The second kappa shape index (κ2) is 8.58. The number of rotatable bonds is 8. The van der Waals surface area contributed by atoms with Crippen LogP contribution in [0.2, 0.25) is 10.0 Å². The fraction of sp³-hybridized carbons (Fsp3) is 0.462. The van der Waals surface area contributed by atoms with Crippen LogP contribution in [0.3, 0.4) is 0 Å². The van der Waals surface area contributed by atoms with Gasteiger partial charge >= 0.3 is 0 Å². The predicted molar refractivity (Wildman–Crippen MR) is 84.2 cm³/mol. The number of hydrogen-bond donors (Lipinski definition) is 2. The van der Waals surface area contributed by atoms with Gasteiger partial charge in [0.1, 0.15) is 0 Å². The van der Waals surface area contributed by atoms with Gasteiger partial charge in [0.15, 0.2) is 0 Å². The SMILES string of the molecule is CCCCCNC(=O)CNS(=O)(=O)c1ccc(Cl)c(Cl)c1. The van der Waals surface area contributed by atoms with Crippen molar-refractivity contribution in [2.45, 2.75) is 31.1 Å². The molecule has 0 aliphatic heterocycles. The molecule has 8 heteroatoms. The fourth-order valence-corrected chi connectivity index (χ4v) is 2.92. The van der Waals surface area contributed by atoms with Crippen molar-refractivity contribution in [3.8, 4) is 0 Å². The Labute approximate surface area is 135 Å². The molecule has 1 rings (SSSR count).